The molecule has 0 bridgehead atoms. The third-order valence-electron chi connectivity index (χ3n) is 6.36. The Morgan fingerprint density at radius 1 is 0.692 bits per heavy atom. The minimum absolute atomic E-state index is 0.0887. The molecule has 292 valence electrons. The van der Waals surface area contributed by atoms with Gasteiger partial charge in [0.2, 0.25) is 6.41 Å². The molecule has 0 aromatic heterocycles. The van der Waals surface area contributed by atoms with Gasteiger partial charge in [-0.3, -0.25) is 24.4 Å². The number of unbranched alkanes of at least 4 members (excludes halogenated alkanes) is 3. The summed E-state index contributed by atoms with van der Waals surface area (Å²) in [5, 5.41) is 23.8. The summed E-state index contributed by atoms with van der Waals surface area (Å²) < 4.78 is 26.5. The van der Waals surface area contributed by atoms with Crippen molar-refractivity contribution in [3.8, 4) is 0 Å². The molecule has 3 rings (SSSR count). The summed E-state index contributed by atoms with van der Waals surface area (Å²) in [6.07, 6.45) is 5.36. The third kappa shape index (κ3) is 23.1. The van der Waals surface area contributed by atoms with Crippen LogP contribution in [0.5, 0.6) is 0 Å². The third-order valence-corrected chi connectivity index (χ3v) is 6.67. The van der Waals surface area contributed by atoms with E-state index in [2.05, 4.69) is 21.7 Å². The molecule has 0 heterocycles. The maximum absolute atomic E-state index is 13.6. The molecule has 3 aromatic carbocycles. The molecular weight excluding hydrogens is 696 g/mol. The Morgan fingerprint density at radius 2 is 1.10 bits per heavy atom. The number of aliphatic hydroxyl groups excluding tert-OH is 1. The van der Waals surface area contributed by atoms with Crippen molar-refractivity contribution in [1.82, 2.24) is 21.4 Å². The van der Waals surface area contributed by atoms with Crippen LogP contribution in [0.1, 0.15) is 101 Å². The molecule has 0 aliphatic carbocycles. The first-order valence-corrected chi connectivity index (χ1v) is 17.3. The smallest absolute Gasteiger partial charge is 0.277 e. The second kappa shape index (κ2) is 33.7. The summed E-state index contributed by atoms with van der Waals surface area (Å²) in [6.45, 7) is 13.4. The number of aliphatic hydroxyl groups is 1. The van der Waals surface area contributed by atoms with Gasteiger partial charge in [0.15, 0.2) is 0 Å². The highest BCUT2D eigenvalue weighted by atomic mass is 35.5. The Labute approximate surface area is 312 Å². The number of nitrogens with two attached hydrogens (primary N) is 1. The number of benzene rings is 3. The molecule has 11 nitrogen and oxygen atoms in total. The second-order valence-electron chi connectivity index (χ2n) is 10.4. The van der Waals surface area contributed by atoms with Crippen LogP contribution >= 0.6 is 11.6 Å². The molecule has 0 aliphatic heterocycles. The Bertz CT molecular complexity index is 1450. The van der Waals surface area contributed by atoms with Gasteiger partial charge in [-0.1, -0.05) is 63.4 Å². The van der Waals surface area contributed by atoms with Gasteiger partial charge in [-0.2, -0.15) is 0 Å². The maximum Gasteiger partial charge on any atom is 0.277 e. The number of hydrogen-bond acceptors (Lipinski definition) is 7. The predicted molar refractivity (Wildman–Crippen MR) is 205 cm³/mol. The van der Waals surface area contributed by atoms with Gasteiger partial charge in [-0.15, -0.1) is 0 Å². The molecule has 0 fully saturated rings. The van der Waals surface area contributed by atoms with Crippen molar-refractivity contribution in [3.63, 3.8) is 0 Å². The van der Waals surface area contributed by atoms with Crippen LogP contribution in [0.25, 0.3) is 0 Å². The lowest BCUT2D eigenvalue weighted by Gasteiger charge is -2.06. The van der Waals surface area contributed by atoms with Crippen molar-refractivity contribution in [1.29, 1.82) is 0 Å². The summed E-state index contributed by atoms with van der Waals surface area (Å²) in [6, 6.07) is 14.1. The zero-order valence-corrected chi connectivity index (χ0v) is 32.4. The lowest BCUT2D eigenvalue weighted by atomic mass is 10.1. The lowest BCUT2D eigenvalue weighted by molar-refractivity contribution is -0.109. The van der Waals surface area contributed by atoms with Crippen LogP contribution in [0, 0.1) is 32.4 Å². The molecule has 0 unspecified atom stereocenters. The fraction of sp³-hybridized carbons (Fsp3) is 0.421. The quantitative estimate of drug-likeness (QED) is 0.0455. The Morgan fingerprint density at radius 3 is 1.52 bits per heavy atom. The Balaban J connectivity index is -0.000000663. The van der Waals surface area contributed by atoms with Gasteiger partial charge >= 0.3 is 0 Å². The van der Waals surface area contributed by atoms with E-state index in [1.807, 2.05) is 33.8 Å². The number of carbonyl (C=O) groups excluding carboxylic acids is 4. The summed E-state index contributed by atoms with van der Waals surface area (Å²) >= 11 is 5.94. The molecule has 0 saturated heterocycles. The van der Waals surface area contributed by atoms with Crippen LogP contribution in [-0.4, -0.2) is 68.2 Å². The van der Waals surface area contributed by atoms with Gasteiger partial charge in [0.1, 0.15) is 11.6 Å². The van der Waals surface area contributed by atoms with Crippen molar-refractivity contribution >= 4 is 35.7 Å². The number of hydroxylamine groups is 1. The van der Waals surface area contributed by atoms with E-state index >= 15 is 0 Å². The average molecular weight is 754 g/mol. The van der Waals surface area contributed by atoms with Crippen LogP contribution in [0.15, 0.2) is 54.6 Å². The van der Waals surface area contributed by atoms with Gasteiger partial charge in [0.25, 0.3) is 17.7 Å². The summed E-state index contributed by atoms with van der Waals surface area (Å²) in [7, 11) is 2.50. The molecule has 0 radical (unpaired) electrons. The topological polar surface area (TPSA) is 183 Å². The molecule has 4 amide bonds. The van der Waals surface area contributed by atoms with E-state index in [1.165, 1.54) is 36.8 Å². The SMILES string of the molecule is CC.CCCNC(=O)c1ccc(C)cc1Cl.CN.CO.Cc1ccc(C(=O)NCCCCCCNC=O)c(F)c1.Cc1ccc(C(=O)NO)c(F)c1. The van der Waals surface area contributed by atoms with E-state index in [4.69, 9.17) is 21.9 Å². The van der Waals surface area contributed by atoms with Gasteiger partial charge in [-0.25, -0.2) is 14.3 Å². The zero-order valence-electron chi connectivity index (χ0n) is 31.7. The molecule has 8 N–H and O–H groups in total. The van der Waals surface area contributed by atoms with Crippen molar-refractivity contribution in [2.24, 2.45) is 5.73 Å². The van der Waals surface area contributed by atoms with Crippen LogP contribution in [0.3, 0.4) is 0 Å². The molecular formula is C38H58ClF2N5O6. The van der Waals surface area contributed by atoms with Gasteiger partial charge in [0.05, 0.1) is 21.7 Å². The number of amides is 4. The second-order valence-corrected chi connectivity index (χ2v) is 10.8. The first kappa shape index (κ1) is 51.9. The highest BCUT2D eigenvalue weighted by Gasteiger charge is 2.11. The van der Waals surface area contributed by atoms with E-state index in [-0.39, 0.29) is 22.9 Å². The Kier molecular flexibility index (Phi) is 33.7. The number of halogens is 3. The fourth-order valence-corrected chi connectivity index (χ4v) is 4.19. The maximum atomic E-state index is 13.6. The summed E-state index contributed by atoms with van der Waals surface area (Å²) in [4.78, 5) is 44.0. The first-order valence-electron chi connectivity index (χ1n) is 16.9. The molecule has 0 atom stereocenters. The predicted octanol–water partition coefficient (Wildman–Crippen LogP) is 6.42. The minimum Gasteiger partial charge on any atom is -0.400 e. The van der Waals surface area contributed by atoms with E-state index in [9.17, 15) is 28.0 Å². The van der Waals surface area contributed by atoms with E-state index < -0.39 is 17.5 Å². The van der Waals surface area contributed by atoms with E-state index in [0.717, 1.165) is 55.9 Å². The summed E-state index contributed by atoms with van der Waals surface area (Å²) in [5.74, 6) is -2.43. The molecule has 0 saturated carbocycles. The number of hydrogen-bond donors (Lipinski definition) is 7. The number of carbonyl (C=O) groups is 4. The monoisotopic (exact) mass is 753 g/mol. The van der Waals surface area contributed by atoms with Gasteiger partial charge < -0.3 is 26.8 Å². The lowest BCUT2D eigenvalue weighted by Crippen LogP contribution is -2.25. The number of aryl methyl sites for hydroxylation is 3. The van der Waals surface area contributed by atoms with Crippen molar-refractivity contribution in [3.05, 3.63) is 105 Å². The van der Waals surface area contributed by atoms with Crippen LogP contribution in [0.2, 0.25) is 5.02 Å². The highest BCUT2D eigenvalue weighted by molar-refractivity contribution is 6.33. The van der Waals surface area contributed by atoms with Crippen molar-refractivity contribution in [2.75, 3.05) is 33.8 Å². The van der Waals surface area contributed by atoms with Gasteiger partial charge in [0, 0.05) is 26.7 Å². The van der Waals surface area contributed by atoms with E-state index in [1.54, 1.807) is 38.1 Å². The number of nitrogens with one attached hydrogen (secondary N) is 4. The van der Waals surface area contributed by atoms with Crippen LogP contribution < -0.4 is 27.2 Å². The standard InChI is InChI=1S/C15H21FN2O2.C11H14ClNO.C8H8FNO2.C2H6.CH5N.CH4O/c1-12-6-7-13(14(16)10-12)15(20)18-9-5-3-2-4-8-17-11-19;1-3-6-13-11(14)9-5-4-8(2)7-10(9)12;1-5-2-3-6(7(9)4-5)8(11)10-12;3*1-2/h6-7,10-11H,2-5,8-9H2,1H3,(H,17,19)(H,18,20);4-5,7H,3,6H2,1-2H3,(H,13,14);2-4,12H,1H3,(H,10,11);1-2H3;2H2,1H3;2H,1H3. The van der Waals surface area contributed by atoms with Crippen LogP contribution in [-0.2, 0) is 4.79 Å². The Hall–Kier alpha value is -4.43. The molecule has 52 heavy (non-hydrogen) atoms. The average Bonchev–Trinajstić information content (AvgIpc) is 3.14. The molecule has 14 heteroatoms. The van der Waals surface area contributed by atoms with Crippen molar-refractivity contribution < 1.29 is 38.3 Å². The summed E-state index contributed by atoms with van der Waals surface area (Å²) in [5.41, 5.74) is 8.91. The molecule has 3 aromatic rings. The zero-order chi connectivity index (χ0) is 40.5. The molecule has 0 spiro atoms. The van der Waals surface area contributed by atoms with Crippen molar-refractivity contribution in [2.45, 2.75) is 73.6 Å². The normalized spacial score (nSPS) is 9.12. The largest absolute Gasteiger partial charge is 0.400 e. The first-order chi connectivity index (χ1) is 24.9. The van der Waals surface area contributed by atoms with E-state index in [0.29, 0.717) is 36.6 Å². The molecule has 0 aliphatic rings. The number of rotatable bonds is 13. The van der Waals surface area contributed by atoms with Gasteiger partial charge in [-0.05, 0) is 100 Å². The minimum atomic E-state index is -0.840. The fourth-order valence-electron chi connectivity index (χ4n) is 3.87. The van der Waals surface area contributed by atoms with Crippen LogP contribution in [0.4, 0.5) is 8.78 Å². The highest BCUT2D eigenvalue weighted by Crippen LogP contribution is 2.17.